The van der Waals surface area contributed by atoms with Crippen LogP contribution >= 0.6 is 0 Å². The van der Waals surface area contributed by atoms with Crippen molar-refractivity contribution in [1.29, 1.82) is 0 Å². The fourth-order valence-electron chi connectivity index (χ4n) is 3.64. The molecular weight excluding hydrogens is 481 g/mol. The fraction of sp³-hybridized carbons (Fsp3) is 0.111. The monoisotopic (exact) mass is 505 g/mol. The van der Waals surface area contributed by atoms with Crippen molar-refractivity contribution in [2.75, 3.05) is 5.32 Å². The highest BCUT2D eigenvalue weighted by Crippen LogP contribution is 2.22. The van der Waals surface area contributed by atoms with Gasteiger partial charge in [-0.1, -0.05) is 48.5 Å². The molecule has 0 amide bonds. The minimum Gasteiger partial charge on any atom is -0.480 e. The Morgan fingerprint density at radius 3 is 2.31 bits per heavy atom. The Bertz CT molecular complexity index is 1430. The molecule has 0 saturated carbocycles. The number of carboxylic acid groups (broad SMARTS) is 1. The van der Waals surface area contributed by atoms with Crippen molar-refractivity contribution in [3.8, 4) is 11.1 Å². The summed E-state index contributed by atoms with van der Waals surface area (Å²) in [6.07, 6.45) is 1.67. The van der Waals surface area contributed by atoms with E-state index in [0.717, 1.165) is 46.8 Å². The minimum absolute atomic E-state index is 0.0515. The van der Waals surface area contributed by atoms with Crippen molar-refractivity contribution in [3.63, 3.8) is 0 Å². The first kappa shape index (κ1) is 25.0. The van der Waals surface area contributed by atoms with Crippen molar-refractivity contribution >= 4 is 21.8 Å². The largest absolute Gasteiger partial charge is 0.480 e. The Balaban J connectivity index is 1.44. The Morgan fingerprint density at radius 1 is 0.889 bits per heavy atom. The van der Waals surface area contributed by atoms with Crippen molar-refractivity contribution in [2.24, 2.45) is 0 Å². The van der Waals surface area contributed by atoms with Crippen molar-refractivity contribution in [2.45, 2.75) is 23.9 Å². The number of carboxylic acids is 1. The predicted molar refractivity (Wildman–Crippen MR) is 135 cm³/mol. The number of pyridine rings is 1. The molecule has 0 aliphatic carbocycles. The molecule has 7 nitrogen and oxygen atoms in total. The molecule has 1 atom stereocenters. The molecule has 0 spiro atoms. The second kappa shape index (κ2) is 11.1. The maximum absolute atomic E-state index is 13.1. The SMILES string of the molecule is O=C(O)C(Cc1ccc(-c2cccc(CNc3ccccn3)c2)cc1)NS(=O)(=O)c1ccc(F)cc1. The van der Waals surface area contributed by atoms with Gasteiger partial charge in [-0.25, -0.2) is 17.8 Å². The third-order valence-electron chi connectivity index (χ3n) is 5.51. The van der Waals surface area contributed by atoms with E-state index in [0.29, 0.717) is 12.1 Å². The van der Waals surface area contributed by atoms with Crippen LogP contribution in [0.1, 0.15) is 11.1 Å². The molecular formula is C27H24FN3O4S. The molecule has 0 bridgehead atoms. The van der Waals surface area contributed by atoms with Gasteiger partial charge in [-0.05, 0) is 71.1 Å². The van der Waals surface area contributed by atoms with Crippen LogP contribution in [0.5, 0.6) is 0 Å². The van der Waals surface area contributed by atoms with Crippen LogP contribution in [-0.2, 0) is 27.8 Å². The summed E-state index contributed by atoms with van der Waals surface area (Å²) in [4.78, 5) is 15.8. The molecule has 0 aliphatic rings. The van der Waals surface area contributed by atoms with E-state index in [-0.39, 0.29) is 11.3 Å². The molecule has 0 aliphatic heterocycles. The van der Waals surface area contributed by atoms with E-state index in [4.69, 9.17) is 0 Å². The van der Waals surface area contributed by atoms with Crippen LogP contribution in [0.2, 0.25) is 0 Å². The number of aromatic nitrogens is 1. The smallest absolute Gasteiger partial charge is 0.322 e. The minimum atomic E-state index is -4.13. The number of aliphatic carboxylic acids is 1. The lowest BCUT2D eigenvalue weighted by molar-refractivity contribution is -0.138. The molecule has 4 rings (SSSR count). The lowest BCUT2D eigenvalue weighted by Gasteiger charge is -2.15. The molecule has 36 heavy (non-hydrogen) atoms. The maximum atomic E-state index is 13.1. The summed E-state index contributed by atoms with van der Waals surface area (Å²) in [5.74, 6) is -1.10. The standard InChI is InChI=1S/C27H24FN3O4S/c28-23-11-13-24(14-12-23)36(34,35)31-25(27(32)33)17-19-7-9-21(10-8-19)22-5-3-4-20(16-22)18-30-26-6-1-2-15-29-26/h1-16,25,31H,17-18H2,(H,29,30)(H,32,33). The highest BCUT2D eigenvalue weighted by atomic mass is 32.2. The van der Waals surface area contributed by atoms with Gasteiger partial charge in [0.2, 0.25) is 10.0 Å². The van der Waals surface area contributed by atoms with Crippen LogP contribution < -0.4 is 10.0 Å². The van der Waals surface area contributed by atoms with E-state index in [1.807, 2.05) is 48.5 Å². The van der Waals surface area contributed by atoms with Crippen LogP contribution in [0.4, 0.5) is 10.2 Å². The van der Waals surface area contributed by atoms with Gasteiger partial charge in [-0.3, -0.25) is 4.79 Å². The van der Waals surface area contributed by atoms with Gasteiger partial charge in [0.1, 0.15) is 17.7 Å². The molecule has 0 saturated heterocycles. The van der Waals surface area contributed by atoms with Gasteiger partial charge < -0.3 is 10.4 Å². The number of carbonyl (C=O) groups is 1. The number of rotatable bonds is 10. The number of anilines is 1. The summed E-state index contributed by atoms with van der Waals surface area (Å²) in [6, 6.07) is 23.8. The average molecular weight is 506 g/mol. The molecule has 1 heterocycles. The van der Waals surface area contributed by atoms with Crippen LogP contribution in [0.25, 0.3) is 11.1 Å². The second-order valence-corrected chi connectivity index (χ2v) is 9.85. The van der Waals surface area contributed by atoms with Gasteiger partial charge in [0, 0.05) is 12.7 Å². The zero-order chi connectivity index (χ0) is 25.5. The van der Waals surface area contributed by atoms with E-state index >= 15 is 0 Å². The van der Waals surface area contributed by atoms with Crippen LogP contribution in [0, 0.1) is 5.82 Å². The molecule has 0 fully saturated rings. The zero-order valence-corrected chi connectivity index (χ0v) is 20.0. The third kappa shape index (κ3) is 6.53. The number of nitrogens with one attached hydrogen (secondary N) is 2. The first-order valence-electron chi connectivity index (χ1n) is 11.1. The molecule has 1 aromatic heterocycles. The molecule has 1 unspecified atom stereocenters. The zero-order valence-electron chi connectivity index (χ0n) is 19.1. The Kier molecular flexibility index (Phi) is 7.72. The lowest BCUT2D eigenvalue weighted by atomic mass is 9.99. The van der Waals surface area contributed by atoms with E-state index in [2.05, 4.69) is 21.1 Å². The van der Waals surface area contributed by atoms with E-state index < -0.39 is 27.9 Å². The quantitative estimate of drug-likeness (QED) is 0.293. The van der Waals surface area contributed by atoms with Gasteiger partial charge in [0.15, 0.2) is 0 Å². The number of benzene rings is 3. The first-order valence-corrected chi connectivity index (χ1v) is 12.6. The van der Waals surface area contributed by atoms with Crippen LogP contribution in [0.15, 0.2) is 102 Å². The first-order chi connectivity index (χ1) is 17.3. The van der Waals surface area contributed by atoms with Gasteiger partial charge in [0.05, 0.1) is 4.90 Å². The topological polar surface area (TPSA) is 108 Å². The van der Waals surface area contributed by atoms with Gasteiger partial charge in [-0.2, -0.15) is 4.72 Å². The normalized spacial score (nSPS) is 12.1. The average Bonchev–Trinajstić information content (AvgIpc) is 2.88. The predicted octanol–water partition coefficient (Wildman–Crippen LogP) is 4.47. The molecule has 9 heteroatoms. The van der Waals surface area contributed by atoms with Gasteiger partial charge >= 0.3 is 5.97 Å². The third-order valence-corrected chi connectivity index (χ3v) is 7.00. The Labute approximate surface area is 208 Å². The van der Waals surface area contributed by atoms with Crippen molar-refractivity contribution in [3.05, 3.63) is 114 Å². The lowest BCUT2D eigenvalue weighted by Crippen LogP contribution is -2.42. The highest BCUT2D eigenvalue weighted by Gasteiger charge is 2.25. The van der Waals surface area contributed by atoms with Crippen LogP contribution in [-0.4, -0.2) is 30.5 Å². The van der Waals surface area contributed by atoms with E-state index in [1.54, 1.807) is 18.3 Å². The van der Waals surface area contributed by atoms with Crippen LogP contribution in [0.3, 0.4) is 0 Å². The number of hydrogen-bond acceptors (Lipinski definition) is 5. The maximum Gasteiger partial charge on any atom is 0.322 e. The Hall–Kier alpha value is -4.08. The number of hydrogen-bond donors (Lipinski definition) is 3. The van der Waals surface area contributed by atoms with Crippen molar-refractivity contribution in [1.82, 2.24) is 9.71 Å². The summed E-state index contributed by atoms with van der Waals surface area (Å²) in [5.41, 5.74) is 3.66. The molecule has 3 N–H and O–H groups in total. The summed E-state index contributed by atoms with van der Waals surface area (Å²) in [7, 11) is -4.13. The van der Waals surface area contributed by atoms with Crippen molar-refractivity contribution < 1.29 is 22.7 Å². The summed E-state index contributed by atoms with van der Waals surface area (Å²) in [5, 5.41) is 12.9. The number of halogens is 1. The highest BCUT2D eigenvalue weighted by molar-refractivity contribution is 7.89. The summed E-state index contributed by atoms with van der Waals surface area (Å²) >= 11 is 0. The second-order valence-electron chi connectivity index (χ2n) is 8.14. The van der Waals surface area contributed by atoms with Gasteiger partial charge in [0.25, 0.3) is 0 Å². The molecule has 184 valence electrons. The molecule has 4 aromatic rings. The molecule has 0 radical (unpaired) electrons. The fourth-order valence-corrected chi connectivity index (χ4v) is 4.83. The van der Waals surface area contributed by atoms with E-state index in [9.17, 15) is 22.7 Å². The van der Waals surface area contributed by atoms with E-state index in [1.165, 1.54) is 0 Å². The summed E-state index contributed by atoms with van der Waals surface area (Å²) in [6.45, 7) is 0.609. The Morgan fingerprint density at radius 2 is 1.64 bits per heavy atom. The number of sulfonamides is 1. The number of nitrogens with zero attached hydrogens (tertiary/aromatic N) is 1. The molecule has 3 aromatic carbocycles. The van der Waals surface area contributed by atoms with Gasteiger partial charge in [-0.15, -0.1) is 0 Å². The summed E-state index contributed by atoms with van der Waals surface area (Å²) < 4.78 is 40.4.